The van der Waals surface area contributed by atoms with E-state index in [2.05, 4.69) is 24.3 Å². The third-order valence-electron chi connectivity index (χ3n) is 3.56. The van der Waals surface area contributed by atoms with Gasteiger partial charge >= 0.3 is 0 Å². The number of hydrogen-bond acceptors (Lipinski definition) is 3. The Labute approximate surface area is 120 Å². The van der Waals surface area contributed by atoms with E-state index in [4.69, 9.17) is 15.6 Å². The lowest BCUT2D eigenvalue weighted by Crippen LogP contribution is -2.15. The predicted molar refractivity (Wildman–Crippen MR) is 80.9 cm³/mol. The van der Waals surface area contributed by atoms with Gasteiger partial charge in [-0.3, -0.25) is 0 Å². The molecule has 0 spiro atoms. The number of aliphatic hydroxyl groups is 1. The molecule has 20 heavy (non-hydrogen) atoms. The van der Waals surface area contributed by atoms with Gasteiger partial charge in [0.05, 0.1) is 13.7 Å². The molecule has 3 N–H and O–H groups in total. The fourth-order valence-corrected chi connectivity index (χ4v) is 2.28. The molecular weight excluding hydrogens is 250 g/mol. The second-order valence-electron chi connectivity index (χ2n) is 4.88. The lowest BCUT2D eigenvalue weighted by Gasteiger charge is -2.16. The van der Waals surface area contributed by atoms with Crippen molar-refractivity contribution in [1.82, 2.24) is 0 Å². The molecule has 0 aliphatic heterocycles. The summed E-state index contributed by atoms with van der Waals surface area (Å²) < 4.78 is 5.17. The fourth-order valence-electron chi connectivity index (χ4n) is 2.28. The third-order valence-corrected chi connectivity index (χ3v) is 3.56. The summed E-state index contributed by atoms with van der Waals surface area (Å²) in [5.74, 6) is 1.15. The molecular formula is C17H21NO2. The number of methoxy groups -OCH3 is 1. The second kappa shape index (κ2) is 7.08. The van der Waals surface area contributed by atoms with E-state index in [1.807, 2.05) is 24.3 Å². The smallest absolute Gasteiger partial charge is 0.118 e. The van der Waals surface area contributed by atoms with Crippen molar-refractivity contribution >= 4 is 0 Å². The van der Waals surface area contributed by atoms with Gasteiger partial charge in [0.15, 0.2) is 0 Å². The van der Waals surface area contributed by atoms with E-state index in [0.717, 1.165) is 17.7 Å². The quantitative estimate of drug-likeness (QED) is 0.848. The number of benzene rings is 2. The largest absolute Gasteiger partial charge is 0.497 e. The van der Waals surface area contributed by atoms with Crippen LogP contribution < -0.4 is 10.5 Å². The Morgan fingerprint density at radius 1 is 1.00 bits per heavy atom. The van der Waals surface area contributed by atoms with Gasteiger partial charge in [0.1, 0.15) is 5.75 Å². The molecule has 0 aliphatic carbocycles. The zero-order valence-electron chi connectivity index (χ0n) is 11.8. The molecule has 0 radical (unpaired) electrons. The van der Waals surface area contributed by atoms with Gasteiger partial charge in [0.2, 0.25) is 0 Å². The number of nitrogens with two attached hydrogens (primary N) is 1. The summed E-state index contributed by atoms with van der Waals surface area (Å²) in [6, 6.07) is 16.1. The molecule has 0 fully saturated rings. The highest BCUT2D eigenvalue weighted by molar-refractivity contribution is 5.31. The van der Waals surface area contributed by atoms with Crippen molar-refractivity contribution in [1.29, 1.82) is 0 Å². The molecule has 2 rings (SSSR count). The Kier molecular flexibility index (Phi) is 5.16. The van der Waals surface area contributed by atoms with Gasteiger partial charge in [-0.25, -0.2) is 0 Å². The van der Waals surface area contributed by atoms with Crippen LogP contribution in [0.1, 0.15) is 22.6 Å². The predicted octanol–water partition coefficient (Wildman–Crippen LogP) is 2.47. The van der Waals surface area contributed by atoms with Crippen molar-refractivity contribution in [2.45, 2.75) is 18.9 Å². The van der Waals surface area contributed by atoms with E-state index in [1.165, 1.54) is 11.1 Å². The summed E-state index contributed by atoms with van der Waals surface area (Å²) in [5.41, 5.74) is 9.29. The number of hydrogen-bond donors (Lipinski definition) is 2. The zero-order valence-corrected chi connectivity index (χ0v) is 11.8. The van der Waals surface area contributed by atoms with Gasteiger partial charge < -0.3 is 15.6 Å². The first-order valence-electron chi connectivity index (χ1n) is 6.79. The van der Waals surface area contributed by atoms with Crippen molar-refractivity contribution in [3.05, 3.63) is 65.2 Å². The maximum Gasteiger partial charge on any atom is 0.118 e. The molecule has 1 atom stereocenters. The Morgan fingerprint density at radius 2 is 1.60 bits per heavy atom. The summed E-state index contributed by atoms with van der Waals surface area (Å²) in [5, 5.41) is 9.05. The van der Waals surface area contributed by atoms with Crippen LogP contribution in [0.5, 0.6) is 5.75 Å². The molecule has 0 aromatic heterocycles. The fraction of sp³-hybridized carbons (Fsp3) is 0.294. The van der Waals surface area contributed by atoms with Crippen LogP contribution in [0, 0.1) is 0 Å². The number of aliphatic hydroxyl groups excluding tert-OH is 1. The molecule has 3 heteroatoms. The first-order valence-corrected chi connectivity index (χ1v) is 6.79. The van der Waals surface area contributed by atoms with Crippen LogP contribution in [-0.2, 0) is 13.0 Å². The molecule has 3 nitrogen and oxygen atoms in total. The molecule has 106 valence electrons. The molecule has 1 unspecified atom stereocenters. The summed E-state index contributed by atoms with van der Waals surface area (Å²) in [4.78, 5) is 0. The van der Waals surface area contributed by atoms with Crippen LogP contribution in [0.2, 0.25) is 0 Å². The highest BCUT2D eigenvalue weighted by Crippen LogP contribution is 2.22. The first-order chi connectivity index (χ1) is 9.76. The molecule has 0 amide bonds. The summed E-state index contributed by atoms with van der Waals surface area (Å²) in [7, 11) is 1.66. The van der Waals surface area contributed by atoms with Gasteiger partial charge in [-0.2, -0.15) is 0 Å². The average Bonchev–Trinajstić information content (AvgIpc) is 2.53. The van der Waals surface area contributed by atoms with Crippen molar-refractivity contribution in [2.75, 3.05) is 13.7 Å². The molecule has 0 saturated carbocycles. The van der Waals surface area contributed by atoms with Gasteiger partial charge in [-0.15, -0.1) is 0 Å². The summed E-state index contributed by atoms with van der Waals surface area (Å²) in [6.07, 6.45) is 0.897. The molecule has 0 bridgehead atoms. The van der Waals surface area contributed by atoms with Crippen molar-refractivity contribution in [3.63, 3.8) is 0 Å². The Morgan fingerprint density at radius 3 is 2.10 bits per heavy atom. The number of rotatable bonds is 6. The SMILES string of the molecule is COc1ccc(C(CN)Cc2ccc(CO)cc2)cc1. The lowest BCUT2D eigenvalue weighted by atomic mass is 9.92. The topological polar surface area (TPSA) is 55.5 Å². The van der Waals surface area contributed by atoms with Gasteiger partial charge in [0, 0.05) is 5.92 Å². The number of ether oxygens (including phenoxy) is 1. The maximum absolute atomic E-state index is 9.05. The first kappa shape index (κ1) is 14.6. The van der Waals surface area contributed by atoms with Gasteiger partial charge in [-0.1, -0.05) is 36.4 Å². The van der Waals surface area contributed by atoms with Crippen LogP contribution in [0.15, 0.2) is 48.5 Å². The van der Waals surface area contributed by atoms with Crippen molar-refractivity contribution in [3.8, 4) is 5.75 Å². The lowest BCUT2D eigenvalue weighted by molar-refractivity contribution is 0.282. The van der Waals surface area contributed by atoms with E-state index in [9.17, 15) is 0 Å². The van der Waals surface area contributed by atoms with Crippen LogP contribution in [0.4, 0.5) is 0 Å². The minimum Gasteiger partial charge on any atom is -0.497 e. The Bertz CT molecular complexity index is 520. The van der Waals surface area contributed by atoms with Gasteiger partial charge in [0.25, 0.3) is 0 Å². The molecule has 2 aromatic rings. The van der Waals surface area contributed by atoms with E-state index >= 15 is 0 Å². The summed E-state index contributed by atoms with van der Waals surface area (Å²) >= 11 is 0. The third kappa shape index (κ3) is 3.59. The maximum atomic E-state index is 9.05. The van der Waals surface area contributed by atoms with Crippen molar-refractivity contribution < 1.29 is 9.84 Å². The molecule has 0 saturated heterocycles. The molecule has 2 aromatic carbocycles. The minimum absolute atomic E-state index is 0.0824. The molecule has 0 aliphatic rings. The Hall–Kier alpha value is -1.84. The van der Waals surface area contributed by atoms with Crippen LogP contribution in [0.3, 0.4) is 0 Å². The highest BCUT2D eigenvalue weighted by Gasteiger charge is 2.11. The van der Waals surface area contributed by atoms with Crippen LogP contribution in [0.25, 0.3) is 0 Å². The van der Waals surface area contributed by atoms with E-state index in [0.29, 0.717) is 12.5 Å². The normalized spacial score (nSPS) is 12.2. The summed E-state index contributed by atoms with van der Waals surface area (Å²) in [6.45, 7) is 0.688. The zero-order chi connectivity index (χ0) is 14.4. The van der Waals surface area contributed by atoms with E-state index in [1.54, 1.807) is 7.11 Å². The Balaban J connectivity index is 2.10. The highest BCUT2D eigenvalue weighted by atomic mass is 16.5. The van der Waals surface area contributed by atoms with Crippen LogP contribution in [-0.4, -0.2) is 18.8 Å². The minimum atomic E-state index is 0.0824. The van der Waals surface area contributed by atoms with E-state index in [-0.39, 0.29) is 6.61 Å². The average molecular weight is 271 g/mol. The van der Waals surface area contributed by atoms with Crippen molar-refractivity contribution in [2.24, 2.45) is 5.73 Å². The van der Waals surface area contributed by atoms with E-state index < -0.39 is 0 Å². The second-order valence-corrected chi connectivity index (χ2v) is 4.88. The molecule has 0 heterocycles. The van der Waals surface area contributed by atoms with Crippen LogP contribution >= 0.6 is 0 Å². The standard InChI is InChI=1S/C17H21NO2/c1-20-17-8-6-15(7-9-17)16(11-18)10-13-2-4-14(12-19)5-3-13/h2-9,16,19H,10-12,18H2,1H3. The monoisotopic (exact) mass is 271 g/mol. The van der Waals surface area contributed by atoms with Gasteiger partial charge in [-0.05, 0) is 41.8 Å².